The Kier molecular flexibility index (Phi) is 3.25. The van der Waals surface area contributed by atoms with Crippen molar-refractivity contribution in [3.8, 4) is 6.07 Å². The van der Waals surface area contributed by atoms with Crippen molar-refractivity contribution in [1.82, 2.24) is 0 Å². The lowest BCUT2D eigenvalue weighted by molar-refractivity contribution is -0.0433. The van der Waals surface area contributed by atoms with E-state index in [1.54, 1.807) is 0 Å². The van der Waals surface area contributed by atoms with Gasteiger partial charge in [0.05, 0.1) is 18.8 Å². The van der Waals surface area contributed by atoms with Crippen LogP contribution in [-0.2, 0) is 9.47 Å². The number of hydrogen-bond donors (Lipinski definition) is 1. The lowest BCUT2D eigenvalue weighted by Gasteiger charge is -2.27. The largest absolute Gasteiger partial charge is 0.381 e. The van der Waals surface area contributed by atoms with Gasteiger partial charge in [0.2, 0.25) is 0 Å². The SMILES string of the molecule is N#CC(N)(COC1CCOCC1)C1CC1. The molecule has 84 valence electrons. The second-order valence-corrected chi connectivity index (χ2v) is 4.55. The molecular weight excluding hydrogens is 192 g/mol. The number of nitrogens with two attached hydrogens (primary N) is 1. The summed E-state index contributed by atoms with van der Waals surface area (Å²) < 4.78 is 11.0. The number of nitrogens with zero attached hydrogens (tertiary/aromatic N) is 1. The summed E-state index contributed by atoms with van der Waals surface area (Å²) in [4.78, 5) is 0. The molecule has 0 aromatic heterocycles. The molecule has 0 aromatic rings. The Morgan fingerprint density at radius 1 is 1.33 bits per heavy atom. The quantitative estimate of drug-likeness (QED) is 0.745. The first-order valence-corrected chi connectivity index (χ1v) is 5.64. The minimum atomic E-state index is -0.752. The first kappa shape index (κ1) is 10.9. The predicted molar refractivity (Wildman–Crippen MR) is 55.0 cm³/mol. The van der Waals surface area contributed by atoms with Gasteiger partial charge in [-0.2, -0.15) is 5.26 Å². The van der Waals surface area contributed by atoms with Gasteiger partial charge in [0.25, 0.3) is 0 Å². The zero-order valence-electron chi connectivity index (χ0n) is 8.95. The van der Waals surface area contributed by atoms with E-state index in [2.05, 4.69) is 6.07 Å². The lowest BCUT2D eigenvalue weighted by Crippen LogP contribution is -2.46. The van der Waals surface area contributed by atoms with E-state index in [-0.39, 0.29) is 6.10 Å². The van der Waals surface area contributed by atoms with Crippen LogP contribution in [0.15, 0.2) is 0 Å². The molecule has 15 heavy (non-hydrogen) atoms. The van der Waals surface area contributed by atoms with Crippen molar-refractivity contribution in [1.29, 1.82) is 5.26 Å². The molecule has 1 atom stereocenters. The Morgan fingerprint density at radius 3 is 2.53 bits per heavy atom. The molecular formula is C11H18N2O2. The van der Waals surface area contributed by atoms with Crippen LogP contribution in [0.1, 0.15) is 25.7 Å². The second-order valence-electron chi connectivity index (χ2n) is 4.55. The van der Waals surface area contributed by atoms with Crippen molar-refractivity contribution in [2.75, 3.05) is 19.8 Å². The molecule has 2 N–H and O–H groups in total. The second kappa shape index (κ2) is 4.48. The normalized spacial score (nSPS) is 26.9. The number of hydrogen-bond acceptors (Lipinski definition) is 4. The first-order valence-electron chi connectivity index (χ1n) is 5.64. The van der Waals surface area contributed by atoms with Crippen LogP contribution in [-0.4, -0.2) is 31.5 Å². The minimum Gasteiger partial charge on any atom is -0.381 e. The Morgan fingerprint density at radius 2 is 2.00 bits per heavy atom. The summed E-state index contributed by atoms with van der Waals surface area (Å²) in [7, 11) is 0. The average Bonchev–Trinajstić information content (AvgIpc) is 3.11. The maximum Gasteiger partial charge on any atom is 0.130 e. The molecule has 1 aliphatic carbocycles. The van der Waals surface area contributed by atoms with Gasteiger partial charge in [-0.3, -0.25) is 0 Å². The zero-order chi connectivity index (χ0) is 10.7. The van der Waals surface area contributed by atoms with Crippen LogP contribution < -0.4 is 5.73 Å². The molecule has 4 nitrogen and oxygen atoms in total. The van der Waals surface area contributed by atoms with E-state index in [9.17, 15) is 0 Å². The molecule has 2 rings (SSSR count). The number of nitriles is 1. The fraction of sp³-hybridized carbons (Fsp3) is 0.909. The average molecular weight is 210 g/mol. The zero-order valence-corrected chi connectivity index (χ0v) is 8.95. The van der Waals surface area contributed by atoms with Gasteiger partial charge in [0, 0.05) is 13.2 Å². The van der Waals surface area contributed by atoms with Gasteiger partial charge in [-0.15, -0.1) is 0 Å². The van der Waals surface area contributed by atoms with Crippen LogP contribution in [0.5, 0.6) is 0 Å². The molecule has 1 saturated carbocycles. The van der Waals surface area contributed by atoms with E-state index in [1.807, 2.05) is 0 Å². The summed E-state index contributed by atoms with van der Waals surface area (Å²) in [6.45, 7) is 1.90. The van der Waals surface area contributed by atoms with E-state index in [1.165, 1.54) is 0 Å². The van der Waals surface area contributed by atoms with Crippen molar-refractivity contribution in [2.45, 2.75) is 37.3 Å². The maximum absolute atomic E-state index is 9.05. The van der Waals surface area contributed by atoms with Crippen LogP contribution in [0.3, 0.4) is 0 Å². The Balaban J connectivity index is 1.78. The molecule has 4 heteroatoms. The van der Waals surface area contributed by atoms with E-state index < -0.39 is 5.54 Å². The lowest BCUT2D eigenvalue weighted by atomic mass is 9.98. The molecule has 0 aromatic carbocycles. The van der Waals surface area contributed by atoms with Gasteiger partial charge >= 0.3 is 0 Å². The van der Waals surface area contributed by atoms with Gasteiger partial charge < -0.3 is 15.2 Å². The Hall–Kier alpha value is -0.630. The highest BCUT2D eigenvalue weighted by Gasteiger charge is 2.43. The Labute approximate surface area is 90.3 Å². The molecule has 1 unspecified atom stereocenters. The van der Waals surface area contributed by atoms with E-state index >= 15 is 0 Å². The molecule has 1 aliphatic heterocycles. The van der Waals surface area contributed by atoms with Crippen molar-refractivity contribution >= 4 is 0 Å². The first-order chi connectivity index (χ1) is 7.24. The van der Waals surface area contributed by atoms with Crippen LogP contribution in [0, 0.1) is 17.2 Å². The highest BCUT2D eigenvalue weighted by molar-refractivity contribution is 5.13. The van der Waals surface area contributed by atoms with Crippen LogP contribution in [0.2, 0.25) is 0 Å². The van der Waals surface area contributed by atoms with Crippen molar-refractivity contribution in [3.05, 3.63) is 0 Å². The minimum absolute atomic E-state index is 0.230. The third-order valence-corrected chi connectivity index (χ3v) is 3.24. The monoisotopic (exact) mass is 210 g/mol. The molecule has 1 heterocycles. The molecule has 2 fully saturated rings. The standard InChI is InChI=1S/C11H18N2O2/c12-7-11(13,9-1-2-9)8-15-10-3-5-14-6-4-10/h9-10H,1-6,8,13H2. The highest BCUT2D eigenvalue weighted by atomic mass is 16.5. The fourth-order valence-corrected chi connectivity index (χ4v) is 1.94. The third kappa shape index (κ3) is 2.69. The summed E-state index contributed by atoms with van der Waals surface area (Å²) >= 11 is 0. The van der Waals surface area contributed by atoms with E-state index in [0.29, 0.717) is 12.5 Å². The van der Waals surface area contributed by atoms with Crippen LogP contribution >= 0.6 is 0 Å². The maximum atomic E-state index is 9.05. The van der Waals surface area contributed by atoms with Gasteiger partial charge in [0.1, 0.15) is 5.54 Å². The van der Waals surface area contributed by atoms with E-state index in [0.717, 1.165) is 38.9 Å². The summed E-state index contributed by atoms with van der Waals surface area (Å²) in [5.74, 6) is 0.349. The van der Waals surface area contributed by atoms with Gasteiger partial charge in [-0.05, 0) is 31.6 Å². The number of rotatable bonds is 4. The highest BCUT2D eigenvalue weighted by Crippen LogP contribution is 2.38. The summed E-state index contributed by atoms with van der Waals surface area (Å²) in [6, 6.07) is 2.20. The fourth-order valence-electron chi connectivity index (χ4n) is 1.94. The van der Waals surface area contributed by atoms with Gasteiger partial charge in [-0.25, -0.2) is 0 Å². The summed E-state index contributed by atoms with van der Waals surface area (Å²) in [5.41, 5.74) is 5.25. The molecule has 0 bridgehead atoms. The molecule has 0 amide bonds. The Bertz CT molecular complexity index is 254. The summed E-state index contributed by atoms with van der Waals surface area (Å²) in [6.07, 6.45) is 4.22. The molecule has 0 spiro atoms. The number of ether oxygens (including phenoxy) is 2. The molecule has 2 aliphatic rings. The van der Waals surface area contributed by atoms with Gasteiger partial charge in [0.15, 0.2) is 0 Å². The van der Waals surface area contributed by atoms with Crippen molar-refractivity contribution in [3.63, 3.8) is 0 Å². The van der Waals surface area contributed by atoms with Gasteiger partial charge in [-0.1, -0.05) is 0 Å². The van der Waals surface area contributed by atoms with Crippen LogP contribution in [0.4, 0.5) is 0 Å². The smallest absolute Gasteiger partial charge is 0.130 e. The topological polar surface area (TPSA) is 68.3 Å². The predicted octanol–water partition coefficient (Wildman–Crippen LogP) is 0.813. The molecule has 1 saturated heterocycles. The van der Waals surface area contributed by atoms with E-state index in [4.69, 9.17) is 20.5 Å². The van der Waals surface area contributed by atoms with Crippen LogP contribution in [0.25, 0.3) is 0 Å². The third-order valence-electron chi connectivity index (χ3n) is 3.24. The molecule has 0 radical (unpaired) electrons. The van der Waals surface area contributed by atoms with Crippen molar-refractivity contribution < 1.29 is 9.47 Å². The summed E-state index contributed by atoms with van der Waals surface area (Å²) in [5, 5.41) is 9.05. The van der Waals surface area contributed by atoms with Crippen molar-refractivity contribution in [2.24, 2.45) is 11.7 Å².